The highest BCUT2D eigenvalue weighted by Gasteiger charge is 2.45. The second-order valence-corrected chi connectivity index (χ2v) is 11.4. The van der Waals surface area contributed by atoms with Crippen LogP contribution in [0, 0.1) is 17.2 Å². The van der Waals surface area contributed by atoms with Crippen molar-refractivity contribution in [2.24, 2.45) is 17.5 Å². The van der Waals surface area contributed by atoms with Gasteiger partial charge in [-0.2, -0.15) is 5.26 Å². The molecule has 3 aromatic rings. The molecule has 1 aliphatic carbocycles. The Morgan fingerprint density at radius 2 is 1.79 bits per heavy atom. The van der Waals surface area contributed by atoms with E-state index in [1.807, 2.05) is 37.3 Å². The third-order valence-corrected chi connectivity index (χ3v) is 8.36. The normalized spacial score (nSPS) is 17.7. The van der Waals surface area contributed by atoms with E-state index in [4.69, 9.17) is 11.6 Å². The fraction of sp³-hybridized carbons (Fsp3) is 0.419. The van der Waals surface area contributed by atoms with Gasteiger partial charge in [0.2, 0.25) is 5.91 Å². The number of rotatable bonds is 12. The lowest BCUT2D eigenvalue weighted by Crippen LogP contribution is -2.45. The lowest BCUT2D eigenvalue weighted by molar-refractivity contribution is -0.120. The average Bonchev–Trinajstić information content (AvgIpc) is 3.52. The summed E-state index contributed by atoms with van der Waals surface area (Å²) in [5.41, 5.74) is 13.1. The third-order valence-electron chi connectivity index (χ3n) is 8.36. The predicted octanol–water partition coefficient (Wildman–Crippen LogP) is 1.98. The van der Waals surface area contributed by atoms with Crippen LogP contribution in [0.1, 0.15) is 84.0 Å². The molecule has 0 spiro atoms. The van der Waals surface area contributed by atoms with Crippen LogP contribution in [0.5, 0.6) is 0 Å². The number of hydrogen-bond donors (Lipinski definition) is 6. The molecule has 12 nitrogen and oxygen atoms in total. The standard InChI is InChI=1S/C31H40N10O2/c1-5-18(2)12-25(16-32)36-28(42)17-35-19(3)15-31(30-38-40-41-39-30)26-10-8-21(20(4)33)13-22(26)6-7-23-14-24(29(43)37-34)9-11-27(23)31/h8-11,13-14,18-19,25,35H,4-7,12,15,17,33-34H2,1-3H3,(H,36,42)(H,37,43)(H,38,39,40,41)/t18-,19+,25?,31?/m0/s1. The Morgan fingerprint density at radius 1 is 1.14 bits per heavy atom. The summed E-state index contributed by atoms with van der Waals surface area (Å²) in [6, 6.07) is 13.0. The van der Waals surface area contributed by atoms with Gasteiger partial charge in [0, 0.05) is 17.3 Å². The minimum absolute atomic E-state index is 0.0336. The molecule has 0 aliphatic heterocycles. The molecule has 0 fully saturated rings. The van der Waals surface area contributed by atoms with Crippen LogP contribution < -0.4 is 27.6 Å². The Morgan fingerprint density at radius 3 is 2.35 bits per heavy atom. The molecule has 8 N–H and O–H groups in total. The predicted molar refractivity (Wildman–Crippen MR) is 163 cm³/mol. The summed E-state index contributed by atoms with van der Waals surface area (Å²) in [6.45, 7) is 10.1. The molecule has 1 aliphatic rings. The van der Waals surface area contributed by atoms with Crippen molar-refractivity contribution in [1.29, 1.82) is 5.26 Å². The van der Waals surface area contributed by atoms with E-state index in [0.717, 1.165) is 34.2 Å². The second-order valence-electron chi connectivity index (χ2n) is 11.4. The molecule has 1 aromatic heterocycles. The number of H-pyrrole nitrogens is 1. The highest BCUT2D eigenvalue weighted by Crippen LogP contribution is 2.47. The van der Waals surface area contributed by atoms with Gasteiger partial charge in [-0.1, -0.05) is 45.0 Å². The van der Waals surface area contributed by atoms with Crippen LogP contribution >= 0.6 is 0 Å². The van der Waals surface area contributed by atoms with Crippen molar-refractivity contribution in [3.63, 3.8) is 0 Å². The number of carbonyl (C=O) groups excluding carboxylic acids is 2. The quantitative estimate of drug-likeness (QED) is 0.105. The van der Waals surface area contributed by atoms with E-state index in [9.17, 15) is 14.9 Å². The SMILES string of the molecule is C=C(N)c1ccc2c(c1)CCc1cc(C(=O)NN)ccc1C2(C[C@@H](C)NCC(=O)NC(C#N)C[C@@H](C)CC)c1nnn[nH]1. The van der Waals surface area contributed by atoms with Crippen molar-refractivity contribution in [3.8, 4) is 6.07 Å². The first kappa shape index (κ1) is 31.3. The van der Waals surface area contributed by atoms with Crippen LogP contribution in [0.25, 0.3) is 5.70 Å². The van der Waals surface area contributed by atoms with Crippen molar-refractivity contribution in [2.45, 2.75) is 70.4 Å². The lowest BCUT2D eigenvalue weighted by Gasteiger charge is -2.36. The minimum Gasteiger partial charge on any atom is -0.399 e. The lowest BCUT2D eigenvalue weighted by atomic mass is 9.67. The number of nitrogens with one attached hydrogen (secondary N) is 4. The zero-order valence-corrected chi connectivity index (χ0v) is 24.9. The Balaban J connectivity index is 1.74. The minimum atomic E-state index is -0.870. The van der Waals surface area contributed by atoms with Crippen LogP contribution in [0.2, 0.25) is 0 Å². The highest BCUT2D eigenvalue weighted by atomic mass is 16.2. The molecule has 0 bridgehead atoms. The molecular formula is C31H40N10O2. The summed E-state index contributed by atoms with van der Waals surface area (Å²) in [6.07, 6.45) is 3.33. The van der Waals surface area contributed by atoms with Gasteiger partial charge in [0.25, 0.3) is 5.91 Å². The van der Waals surface area contributed by atoms with Gasteiger partial charge in [0.15, 0.2) is 5.82 Å². The molecule has 0 saturated carbocycles. The number of aromatic amines is 1. The molecule has 2 aromatic carbocycles. The maximum absolute atomic E-state index is 12.8. The third kappa shape index (κ3) is 6.74. The summed E-state index contributed by atoms with van der Waals surface area (Å²) in [4.78, 5) is 25.3. The first-order valence-corrected chi connectivity index (χ1v) is 14.5. The number of nitriles is 1. The second kappa shape index (κ2) is 13.6. The molecule has 4 atom stereocenters. The number of carbonyl (C=O) groups is 2. The summed E-state index contributed by atoms with van der Waals surface area (Å²) in [5.74, 6) is 5.67. The molecule has 2 amide bonds. The number of amides is 2. The van der Waals surface area contributed by atoms with E-state index in [1.54, 1.807) is 6.07 Å². The molecule has 12 heteroatoms. The van der Waals surface area contributed by atoms with E-state index in [2.05, 4.69) is 63.2 Å². The van der Waals surface area contributed by atoms with Crippen LogP contribution in [-0.2, 0) is 23.1 Å². The maximum Gasteiger partial charge on any atom is 0.265 e. The Kier molecular flexibility index (Phi) is 9.90. The summed E-state index contributed by atoms with van der Waals surface area (Å²) in [7, 11) is 0. The zero-order chi connectivity index (χ0) is 31.1. The van der Waals surface area contributed by atoms with Crippen LogP contribution in [0.15, 0.2) is 43.0 Å². The molecule has 1 heterocycles. The summed E-state index contributed by atoms with van der Waals surface area (Å²) >= 11 is 0. The molecule has 0 saturated heterocycles. The Bertz CT molecular complexity index is 1510. The van der Waals surface area contributed by atoms with Crippen LogP contribution in [-0.4, -0.2) is 51.1 Å². The number of nitrogens with zero attached hydrogens (tertiary/aromatic N) is 4. The molecule has 43 heavy (non-hydrogen) atoms. The van der Waals surface area contributed by atoms with E-state index in [0.29, 0.717) is 48.7 Å². The fourth-order valence-corrected chi connectivity index (χ4v) is 5.94. The van der Waals surface area contributed by atoms with Gasteiger partial charge >= 0.3 is 0 Å². The molecule has 0 radical (unpaired) electrons. The van der Waals surface area contributed by atoms with Gasteiger partial charge < -0.3 is 16.4 Å². The van der Waals surface area contributed by atoms with Gasteiger partial charge in [-0.3, -0.25) is 15.0 Å². The number of nitrogens with two attached hydrogens (primary N) is 2. The number of nitrogen functional groups attached to an aromatic ring is 1. The number of fused-ring (bicyclic) bond motifs is 2. The largest absolute Gasteiger partial charge is 0.399 e. The molecule has 4 rings (SSSR count). The van der Waals surface area contributed by atoms with Gasteiger partial charge in [-0.15, -0.1) is 5.10 Å². The van der Waals surface area contributed by atoms with E-state index >= 15 is 0 Å². The Hall–Kier alpha value is -4.60. The summed E-state index contributed by atoms with van der Waals surface area (Å²) < 4.78 is 0. The van der Waals surface area contributed by atoms with Crippen molar-refractivity contribution in [2.75, 3.05) is 6.54 Å². The number of benzene rings is 2. The van der Waals surface area contributed by atoms with Gasteiger partial charge in [0.05, 0.1) is 18.0 Å². The Labute approximate surface area is 251 Å². The molecule has 226 valence electrons. The van der Waals surface area contributed by atoms with Gasteiger partial charge in [-0.25, -0.2) is 10.9 Å². The smallest absolute Gasteiger partial charge is 0.265 e. The fourth-order valence-electron chi connectivity index (χ4n) is 5.94. The van der Waals surface area contributed by atoms with E-state index in [1.165, 1.54) is 0 Å². The van der Waals surface area contributed by atoms with Crippen molar-refractivity contribution < 1.29 is 9.59 Å². The highest BCUT2D eigenvalue weighted by molar-refractivity contribution is 5.94. The van der Waals surface area contributed by atoms with E-state index < -0.39 is 11.5 Å². The first-order valence-electron chi connectivity index (χ1n) is 14.5. The van der Waals surface area contributed by atoms with Crippen molar-refractivity contribution in [3.05, 3.63) is 82.2 Å². The number of aryl methyl sites for hydroxylation is 2. The van der Waals surface area contributed by atoms with Crippen LogP contribution in [0.4, 0.5) is 0 Å². The van der Waals surface area contributed by atoms with Gasteiger partial charge in [-0.05, 0) is 95.0 Å². The summed E-state index contributed by atoms with van der Waals surface area (Å²) in [5, 5.41) is 31.0. The monoisotopic (exact) mass is 584 g/mol. The maximum atomic E-state index is 12.8. The molecule has 2 unspecified atom stereocenters. The zero-order valence-electron chi connectivity index (χ0n) is 24.9. The average molecular weight is 585 g/mol. The van der Waals surface area contributed by atoms with Crippen molar-refractivity contribution >= 4 is 17.5 Å². The number of hydrazine groups is 1. The van der Waals surface area contributed by atoms with Gasteiger partial charge in [0.1, 0.15) is 6.04 Å². The number of hydrogen-bond acceptors (Lipinski definition) is 9. The first-order chi connectivity index (χ1) is 20.6. The number of tetrazole rings is 1. The number of aromatic nitrogens is 4. The van der Waals surface area contributed by atoms with Crippen LogP contribution in [0.3, 0.4) is 0 Å². The topological polar surface area (TPSA) is 201 Å². The molecular weight excluding hydrogens is 544 g/mol. The van der Waals surface area contributed by atoms with E-state index in [-0.39, 0.29) is 24.4 Å². The van der Waals surface area contributed by atoms with Crippen molar-refractivity contribution in [1.82, 2.24) is 36.7 Å².